The largest absolute Gasteiger partial charge is 0.346 e. The van der Waals surface area contributed by atoms with Crippen LogP contribution in [0.5, 0.6) is 0 Å². The summed E-state index contributed by atoms with van der Waals surface area (Å²) in [5.41, 5.74) is 10.9. The monoisotopic (exact) mass is 282 g/mol. The zero-order valence-electron chi connectivity index (χ0n) is 12.8. The third-order valence-corrected chi connectivity index (χ3v) is 4.02. The first-order valence-corrected chi connectivity index (χ1v) is 7.50. The fourth-order valence-corrected chi connectivity index (χ4v) is 2.90. The summed E-state index contributed by atoms with van der Waals surface area (Å²) in [6.07, 6.45) is 0.899. The van der Waals surface area contributed by atoms with Crippen molar-refractivity contribution in [3.05, 3.63) is 52.8 Å². The molecule has 21 heavy (non-hydrogen) atoms. The van der Waals surface area contributed by atoms with E-state index in [1.54, 1.807) is 0 Å². The van der Waals surface area contributed by atoms with Gasteiger partial charge in [0.25, 0.3) is 0 Å². The van der Waals surface area contributed by atoms with Crippen LogP contribution in [0.25, 0.3) is 0 Å². The highest BCUT2D eigenvalue weighted by atomic mass is 15.1. The maximum Gasteiger partial charge on any atom is 0.223 e. The van der Waals surface area contributed by atoms with Crippen molar-refractivity contribution in [2.24, 2.45) is 5.73 Å². The Morgan fingerprint density at radius 3 is 2.76 bits per heavy atom. The van der Waals surface area contributed by atoms with E-state index in [2.05, 4.69) is 53.4 Å². The maximum absolute atomic E-state index is 6.29. The Bertz CT molecular complexity index is 651. The molecule has 0 saturated heterocycles. The van der Waals surface area contributed by atoms with Crippen molar-refractivity contribution in [3.63, 3.8) is 0 Å². The number of nitrogens with two attached hydrogens (primary N) is 1. The highest BCUT2D eigenvalue weighted by Crippen LogP contribution is 2.32. The van der Waals surface area contributed by atoms with Crippen LogP contribution in [-0.2, 0) is 6.42 Å². The predicted molar refractivity (Wildman–Crippen MR) is 85.3 cm³/mol. The van der Waals surface area contributed by atoms with Gasteiger partial charge in [-0.05, 0) is 36.5 Å². The molecule has 0 spiro atoms. The zero-order valence-corrected chi connectivity index (χ0v) is 12.8. The van der Waals surface area contributed by atoms with Crippen LogP contribution in [-0.4, -0.2) is 16.0 Å². The Balaban J connectivity index is 1.90. The zero-order chi connectivity index (χ0) is 15.0. The van der Waals surface area contributed by atoms with E-state index in [1.165, 1.54) is 11.1 Å². The van der Waals surface area contributed by atoms with Crippen LogP contribution in [0.15, 0.2) is 30.3 Å². The molecule has 3 rings (SSSR count). The summed E-state index contributed by atoms with van der Waals surface area (Å²) in [5, 5.41) is 3.44. The summed E-state index contributed by atoms with van der Waals surface area (Å²) in [6, 6.07) is 10.6. The average Bonchev–Trinajstić information content (AvgIpc) is 2.75. The molecule has 4 heteroatoms. The highest BCUT2D eigenvalue weighted by Gasteiger charge is 2.30. The van der Waals surface area contributed by atoms with Gasteiger partial charge in [-0.1, -0.05) is 38.1 Å². The van der Waals surface area contributed by atoms with Crippen molar-refractivity contribution in [1.29, 1.82) is 0 Å². The maximum atomic E-state index is 6.29. The molecule has 0 bridgehead atoms. The van der Waals surface area contributed by atoms with Crippen LogP contribution in [0.2, 0.25) is 0 Å². The van der Waals surface area contributed by atoms with Crippen molar-refractivity contribution in [2.75, 3.05) is 5.32 Å². The smallest absolute Gasteiger partial charge is 0.223 e. The summed E-state index contributed by atoms with van der Waals surface area (Å²) in [4.78, 5) is 9.14. The van der Waals surface area contributed by atoms with Crippen LogP contribution >= 0.6 is 0 Å². The number of aryl methyl sites for hydroxylation is 1. The van der Waals surface area contributed by atoms with Gasteiger partial charge in [0.15, 0.2) is 0 Å². The van der Waals surface area contributed by atoms with Gasteiger partial charge in [0.1, 0.15) is 0 Å². The van der Waals surface area contributed by atoms with E-state index in [9.17, 15) is 0 Å². The van der Waals surface area contributed by atoms with E-state index < -0.39 is 0 Å². The first-order valence-electron chi connectivity index (χ1n) is 7.50. The van der Waals surface area contributed by atoms with Crippen LogP contribution < -0.4 is 11.1 Å². The van der Waals surface area contributed by atoms with E-state index in [0.717, 1.165) is 17.8 Å². The number of benzene rings is 1. The lowest BCUT2D eigenvalue weighted by molar-refractivity contribution is 0.619. The molecule has 3 N–H and O–H groups in total. The molecule has 1 aliphatic carbocycles. The summed E-state index contributed by atoms with van der Waals surface area (Å²) in [6.45, 7) is 6.28. The molecule has 1 aliphatic rings. The SMILES string of the molecule is Cc1cc(C(C)C)nc(NC2c3ccccc3CC2N)n1. The van der Waals surface area contributed by atoms with Gasteiger partial charge < -0.3 is 11.1 Å². The van der Waals surface area contributed by atoms with Crippen molar-refractivity contribution >= 4 is 5.95 Å². The Morgan fingerprint density at radius 1 is 1.24 bits per heavy atom. The number of hydrogen-bond donors (Lipinski definition) is 2. The summed E-state index contributed by atoms with van der Waals surface area (Å²) in [5.74, 6) is 1.06. The second kappa shape index (κ2) is 5.45. The number of nitrogens with one attached hydrogen (secondary N) is 1. The van der Waals surface area contributed by atoms with Gasteiger partial charge in [0.05, 0.1) is 6.04 Å². The lowest BCUT2D eigenvalue weighted by Crippen LogP contribution is -2.30. The highest BCUT2D eigenvalue weighted by molar-refractivity contribution is 5.43. The molecule has 110 valence electrons. The number of nitrogens with zero attached hydrogens (tertiary/aromatic N) is 2. The van der Waals surface area contributed by atoms with E-state index in [1.807, 2.05) is 13.0 Å². The Labute approximate surface area is 125 Å². The van der Waals surface area contributed by atoms with Crippen LogP contribution in [0, 0.1) is 6.92 Å². The first kappa shape index (κ1) is 14.0. The third kappa shape index (κ3) is 2.76. The Kier molecular flexibility index (Phi) is 3.64. The van der Waals surface area contributed by atoms with Crippen molar-refractivity contribution in [2.45, 2.75) is 45.2 Å². The summed E-state index contributed by atoms with van der Waals surface area (Å²) in [7, 11) is 0. The van der Waals surface area contributed by atoms with Crippen LogP contribution in [0.3, 0.4) is 0 Å². The molecule has 2 unspecified atom stereocenters. The number of aromatic nitrogens is 2. The van der Waals surface area contributed by atoms with Gasteiger partial charge in [-0.25, -0.2) is 9.97 Å². The normalized spacial score (nSPS) is 20.6. The van der Waals surface area contributed by atoms with Crippen molar-refractivity contribution in [3.8, 4) is 0 Å². The molecular formula is C17H22N4. The summed E-state index contributed by atoms with van der Waals surface area (Å²) >= 11 is 0. The first-order chi connectivity index (χ1) is 10.0. The average molecular weight is 282 g/mol. The minimum absolute atomic E-state index is 0.0639. The van der Waals surface area contributed by atoms with Gasteiger partial charge >= 0.3 is 0 Å². The third-order valence-electron chi connectivity index (χ3n) is 4.02. The van der Waals surface area contributed by atoms with Gasteiger partial charge in [-0.2, -0.15) is 0 Å². The second-order valence-electron chi connectivity index (χ2n) is 6.10. The molecule has 1 aromatic heterocycles. The molecular weight excluding hydrogens is 260 g/mol. The van der Waals surface area contributed by atoms with E-state index in [4.69, 9.17) is 5.73 Å². The van der Waals surface area contributed by atoms with E-state index >= 15 is 0 Å². The Hall–Kier alpha value is -1.94. The fourth-order valence-electron chi connectivity index (χ4n) is 2.90. The molecule has 0 saturated carbocycles. The fraction of sp³-hybridized carbons (Fsp3) is 0.412. The number of fused-ring (bicyclic) bond motifs is 1. The standard InChI is InChI=1S/C17H22N4/c1-10(2)15-8-11(3)19-17(20-15)21-16-13-7-5-4-6-12(13)9-14(16)18/h4-8,10,14,16H,9,18H2,1-3H3,(H,19,20,21). The molecule has 2 aromatic rings. The number of rotatable bonds is 3. The van der Waals surface area contributed by atoms with Crippen molar-refractivity contribution in [1.82, 2.24) is 9.97 Å². The predicted octanol–water partition coefficient (Wildman–Crippen LogP) is 2.95. The molecule has 1 heterocycles. The van der Waals surface area contributed by atoms with Gasteiger partial charge in [-0.15, -0.1) is 0 Å². The van der Waals surface area contributed by atoms with Crippen LogP contribution in [0.4, 0.5) is 5.95 Å². The minimum atomic E-state index is 0.0639. The molecule has 4 nitrogen and oxygen atoms in total. The Morgan fingerprint density at radius 2 is 2.00 bits per heavy atom. The molecule has 0 aliphatic heterocycles. The van der Waals surface area contributed by atoms with Crippen LogP contribution in [0.1, 0.15) is 48.3 Å². The second-order valence-corrected chi connectivity index (χ2v) is 6.10. The van der Waals surface area contributed by atoms with Gasteiger partial charge in [0, 0.05) is 17.4 Å². The summed E-state index contributed by atoms with van der Waals surface area (Å²) < 4.78 is 0. The lowest BCUT2D eigenvalue weighted by Gasteiger charge is -2.19. The van der Waals surface area contributed by atoms with Crippen molar-refractivity contribution < 1.29 is 0 Å². The lowest BCUT2D eigenvalue weighted by atomic mass is 10.1. The number of anilines is 1. The molecule has 1 aromatic carbocycles. The molecule has 0 radical (unpaired) electrons. The number of hydrogen-bond acceptors (Lipinski definition) is 4. The van der Waals surface area contributed by atoms with E-state index in [0.29, 0.717) is 11.9 Å². The van der Waals surface area contributed by atoms with Gasteiger partial charge in [-0.3, -0.25) is 0 Å². The molecule has 0 amide bonds. The minimum Gasteiger partial charge on any atom is -0.346 e. The molecule has 2 atom stereocenters. The quantitative estimate of drug-likeness (QED) is 0.908. The topological polar surface area (TPSA) is 63.8 Å². The molecule has 0 fully saturated rings. The van der Waals surface area contributed by atoms with E-state index in [-0.39, 0.29) is 12.1 Å². The van der Waals surface area contributed by atoms with Gasteiger partial charge in [0.2, 0.25) is 5.95 Å².